The molecule has 2 heteroatoms. The topological polar surface area (TPSA) is 12.0 Å². The number of hydrogen-bond donors (Lipinski definition) is 1. The monoisotopic (exact) mass is 175 g/mol. The number of nitrogens with one attached hydrogen (secondary N) is 1. The van der Waals surface area contributed by atoms with Crippen molar-refractivity contribution in [2.75, 3.05) is 18.6 Å². The molecule has 1 atom stereocenters. The average Bonchev–Trinajstić information content (AvgIpc) is 1.97. The Bertz CT molecular complexity index is 83.6. The lowest BCUT2D eigenvalue weighted by Gasteiger charge is -2.16. The third kappa shape index (κ3) is 6.70. The molecule has 0 aliphatic rings. The second-order valence-electron chi connectivity index (χ2n) is 3.33. The van der Waals surface area contributed by atoms with E-state index in [0.717, 1.165) is 5.92 Å². The summed E-state index contributed by atoms with van der Waals surface area (Å²) in [6.07, 6.45) is 3.45. The van der Waals surface area contributed by atoms with Crippen molar-refractivity contribution in [2.24, 2.45) is 5.92 Å². The SMILES string of the molecule is CSCCCNC(C)C(C)C. The lowest BCUT2D eigenvalue weighted by Crippen LogP contribution is -2.31. The van der Waals surface area contributed by atoms with Crippen molar-refractivity contribution in [3.05, 3.63) is 0 Å². The molecule has 0 spiro atoms. The molecule has 0 rings (SSSR count). The maximum absolute atomic E-state index is 3.50. The third-order valence-corrected chi connectivity index (χ3v) is 2.69. The highest BCUT2D eigenvalue weighted by Gasteiger charge is 2.03. The number of rotatable bonds is 6. The van der Waals surface area contributed by atoms with Crippen molar-refractivity contribution in [3.63, 3.8) is 0 Å². The summed E-state index contributed by atoms with van der Waals surface area (Å²) < 4.78 is 0. The van der Waals surface area contributed by atoms with Gasteiger partial charge in [0.15, 0.2) is 0 Å². The van der Waals surface area contributed by atoms with Crippen LogP contribution in [-0.4, -0.2) is 24.6 Å². The summed E-state index contributed by atoms with van der Waals surface area (Å²) in [4.78, 5) is 0. The van der Waals surface area contributed by atoms with Gasteiger partial charge in [0.25, 0.3) is 0 Å². The van der Waals surface area contributed by atoms with Crippen LogP contribution in [-0.2, 0) is 0 Å². The van der Waals surface area contributed by atoms with Gasteiger partial charge < -0.3 is 5.32 Å². The van der Waals surface area contributed by atoms with Crippen molar-refractivity contribution in [1.29, 1.82) is 0 Å². The van der Waals surface area contributed by atoms with E-state index in [0.29, 0.717) is 6.04 Å². The largest absolute Gasteiger partial charge is 0.314 e. The van der Waals surface area contributed by atoms with E-state index in [4.69, 9.17) is 0 Å². The van der Waals surface area contributed by atoms with E-state index >= 15 is 0 Å². The minimum Gasteiger partial charge on any atom is -0.314 e. The second kappa shape index (κ2) is 6.99. The molecule has 0 amide bonds. The molecule has 0 aliphatic heterocycles. The van der Waals surface area contributed by atoms with Crippen LogP contribution in [0.4, 0.5) is 0 Å². The summed E-state index contributed by atoms with van der Waals surface area (Å²) in [5, 5.41) is 3.50. The summed E-state index contributed by atoms with van der Waals surface area (Å²) in [5.74, 6) is 2.03. The minimum absolute atomic E-state index is 0.664. The van der Waals surface area contributed by atoms with E-state index < -0.39 is 0 Å². The molecule has 0 saturated carbocycles. The van der Waals surface area contributed by atoms with Crippen molar-refractivity contribution in [2.45, 2.75) is 33.2 Å². The average molecular weight is 175 g/mol. The van der Waals surface area contributed by atoms with Gasteiger partial charge in [-0.15, -0.1) is 0 Å². The Balaban J connectivity index is 3.10. The van der Waals surface area contributed by atoms with Gasteiger partial charge in [0.05, 0.1) is 0 Å². The zero-order valence-corrected chi connectivity index (χ0v) is 9.00. The Hall–Kier alpha value is 0.310. The first kappa shape index (κ1) is 11.3. The van der Waals surface area contributed by atoms with Crippen LogP contribution in [0.15, 0.2) is 0 Å². The molecule has 1 unspecified atom stereocenters. The van der Waals surface area contributed by atoms with Crippen LogP contribution in [0.1, 0.15) is 27.2 Å². The van der Waals surface area contributed by atoms with Crippen LogP contribution >= 0.6 is 11.8 Å². The Morgan fingerprint density at radius 3 is 2.36 bits per heavy atom. The maximum Gasteiger partial charge on any atom is 0.00617 e. The first-order valence-electron chi connectivity index (χ1n) is 4.40. The van der Waals surface area contributed by atoms with Gasteiger partial charge in [0, 0.05) is 6.04 Å². The first-order chi connectivity index (χ1) is 5.18. The molecule has 68 valence electrons. The quantitative estimate of drug-likeness (QED) is 0.622. The zero-order chi connectivity index (χ0) is 8.69. The van der Waals surface area contributed by atoms with E-state index in [2.05, 4.69) is 32.3 Å². The highest BCUT2D eigenvalue weighted by molar-refractivity contribution is 7.98. The van der Waals surface area contributed by atoms with Crippen molar-refractivity contribution in [1.82, 2.24) is 5.32 Å². The van der Waals surface area contributed by atoms with Crippen LogP contribution < -0.4 is 5.32 Å². The number of hydrogen-bond acceptors (Lipinski definition) is 2. The van der Waals surface area contributed by atoms with Gasteiger partial charge in [-0.25, -0.2) is 0 Å². The van der Waals surface area contributed by atoms with Gasteiger partial charge >= 0.3 is 0 Å². The fourth-order valence-corrected chi connectivity index (χ4v) is 1.21. The summed E-state index contributed by atoms with van der Waals surface area (Å²) >= 11 is 1.92. The fourth-order valence-electron chi connectivity index (χ4n) is 0.782. The number of thioether (sulfide) groups is 1. The van der Waals surface area contributed by atoms with Crippen LogP contribution in [0.25, 0.3) is 0 Å². The highest BCUT2D eigenvalue weighted by atomic mass is 32.2. The molecule has 0 radical (unpaired) electrons. The predicted octanol–water partition coefficient (Wildman–Crippen LogP) is 2.37. The minimum atomic E-state index is 0.664. The molecule has 0 aromatic carbocycles. The maximum atomic E-state index is 3.50. The van der Waals surface area contributed by atoms with Crippen molar-refractivity contribution < 1.29 is 0 Å². The Morgan fingerprint density at radius 2 is 1.91 bits per heavy atom. The Labute approximate surface area is 75.3 Å². The Morgan fingerprint density at radius 1 is 1.27 bits per heavy atom. The molecule has 0 aromatic heterocycles. The third-order valence-electron chi connectivity index (χ3n) is 1.99. The summed E-state index contributed by atoms with van der Waals surface area (Å²) in [5.41, 5.74) is 0. The van der Waals surface area contributed by atoms with Crippen molar-refractivity contribution in [3.8, 4) is 0 Å². The Kier molecular flexibility index (Phi) is 7.18. The molecule has 11 heavy (non-hydrogen) atoms. The molecular weight excluding hydrogens is 154 g/mol. The molecule has 0 heterocycles. The standard InChI is InChI=1S/C9H21NS/c1-8(2)9(3)10-6-5-7-11-4/h8-10H,5-7H2,1-4H3. The lowest BCUT2D eigenvalue weighted by atomic mass is 10.1. The van der Waals surface area contributed by atoms with Crippen LogP contribution in [0.5, 0.6) is 0 Å². The van der Waals surface area contributed by atoms with Crippen molar-refractivity contribution >= 4 is 11.8 Å². The molecule has 0 fully saturated rings. The van der Waals surface area contributed by atoms with E-state index in [9.17, 15) is 0 Å². The molecule has 1 nitrogen and oxygen atoms in total. The molecular formula is C9H21NS. The van der Waals surface area contributed by atoms with E-state index in [1.807, 2.05) is 11.8 Å². The second-order valence-corrected chi connectivity index (χ2v) is 4.32. The van der Waals surface area contributed by atoms with Gasteiger partial charge in [0.2, 0.25) is 0 Å². The van der Waals surface area contributed by atoms with Gasteiger partial charge in [-0.05, 0) is 37.8 Å². The van der Waals surface area contributed by atoms with Gasteiger partial charge in [-0.2, -0.15) is 11.8 Å². The van der Waals surface area contributed by atoms with Crippen LogP contribution in [0.3, 0.4) is 0 Å². The van der Waals surface area contributed by atoms with E-state index in [-0.39, 0.29) is 0 Å². The molecule has 0 aromatic rings. The lowest BCUT2D eigenvalue weighted by molar-refractivity contribution is 0.428. The summed E-state index contributed by atoms with van der Waals surface area (Å²) in [6, 6.07) is 0.664. The van der Waals surface area contributed by atoms with Crippen LogP contribution in [0.2, 0.25) is 0 Å². The summed E-state index contributed by atoms with van der Waals surface area (Å²) in [6.45, 7) is 7.93. The van der Waals surface area contributed by atoms with Gasteiger partial charge in [-0.1, -0.05) is 13.8 Å². The highest BCUT2D eigenvalue weighted by Crippen LogP contribution is 2.00. The first-order valence-corrected chi connectivity index (χ1v) is 5.80. The molecule has 0 bridgehead atoms. The summed E-state index contributed by atoms with van der Waals surface area (Å²) in [7, 11) is 0. The van der Waals surface area contributed by atoms with Gasteiger partial charge in [0.1, 0.15) is 0 Å². The zero-order valence-electron chi connectivity index (χ0n) is 8.18. The molecule has 0 aliphatic carbocycles. The smallest absolute Gasteiger partial charge is 0.00617 e. The van der Waals surface area contributed by atoms with Gasteiger partial charge in [-0.3, -0.25) is 0 Å². The van der Waals surface area contributed by atoms with E-state index in [1.165, 1.54) is 18.7 Å². The normalized spacial score (nSPS) is 13.9. The molecule has 0 saturated heterocycles. The van der Waals surface area contributed by atoms with Crippen LogP contribution in [0, 0.1) is 5.92 Å². The predicted molar refractivity (Wildman–Crippen MR) is 55.3 cm³/mol. The van der Waals surface area contributed by atoms with E-state index in [1.54, 1.807) is 0 Å². The fraction of sp³-hybridized carbons (Fsp3) is 1.00. The molecule has 1 N–H and O–H groups in total.